The number of aromatic carboxylic acids is 1. The van der Waals surface area contributed by atoms with Crippen molar-refractivity contribution in [3.63, 3.8) is 0 Å². The molecule has 128 valence electrons. The Labute approximate surface area is 134 Å². The van der Waals surface area contributed by atoms with Crippen LogP contribution in [0, 0.1) is 0 Å². The summed E-state index contributed by atoms with van der Waals surface area (Å²) in [7, 11) is 0. The van der Waals surface area contributed by atoms with Gasteiger partial charge in [0.15, 0.2) is 5.69 Å². The summed E-state index contributed by atoms with van der Waals surface area (Å²) in [5, 5.41) is 16.7. The number of pyridine rings is 1. The first-order valence-electron chi connectivity index (χ1n) is 7.29. The van der Waals surface area contributed by atoms with Gasteiger partial charge >= 0.3 is 12.1 Å². The van der Waals surface area contributed by atoms with Crippen molar-refractivity contribution in [2.45, 2.75) is 25.1 Å². The van der Waals surface area contributed by atoms with Crippen LogP contribution in [0.4, 0.5) is 19.0 Å². The minimum Gasteiger partial charge on any atom is -0.476 e. The summed E-state index contributed by atoms with van der Waals surface area (Å²) in [4.78, 5) is 17.6. The minimum atomic E-state index is -4.47. The molecule has 0 radical (unpaired) electrons. The highest BCUT2D eigenvalue weighted by Gasteiger charge is 2.33. The molecule has 0 amide bonds. The largest absolute Gasteiger partial charge is 0.476 e. The van der Waals surface area contributed by atoms with E-state index in [1.54, 1.807) is 11.0 Å². The molecule has 10 heteroatoms. The highest BCUT2D eigenvalue weighted by atomic mass is 19.4. The molecular weight excluding hydrogens is 327 g/mol. The van der Waals surface area contributed by atoms with E-state index in [4.69, 9.17) is 5.11 Å². The van der Waals surface area contributed by atoms with Gasteiger partial charge in [-0.25, -0.2) is 9.78 Å². The average molecular weight is 341 g/mol. The molecular formula is C14H14F3N5O2. The standard InChI is InChI=1S/C14H14F3N5O2/c15-14(16,17)11-2-1-3-12(19-11)21-6-4-9(5-7-21)22-18-8-10(20-22)13(23)24/h1-3,8-9H,4-7H2,(H,23,24). The Kier molecular flexibility index (Phi) is 4.12. The van der Waals surface area contributed by atoms with Gasteiger partial charge in [0, 0.05) is 13.1 Å². The van der Waals surface area contributed by atoms with E-state index in [2.05, 4.69) is 15.2 Å². The van der Waals surface area contributed by atoms with Gasteiger partial charge < -0.3 is 10.0 Å². The van der Waals surface area contributed by atoms with Gasteiger partial charge in [-0.15, -0.1) is 5.10 Å². The van der Waals surface area contributed by atoms with Gasteiger partial charge in [-0.05, 0) is 25.0 Å². The summed E-state index contributed by atoms with van der Waals surface area (Å²) in [5.41, 5.74) is -1.04. The second-order valence-corrected chi connectivity index (χ2v) is 5.45. The quantitative estimate of drug-likeness (QED) is 0.922. The van der Waals surface area contributed by atoms with E-state index in [9.17, 15) is 18.0 Å². The van der Waals surface area contributed by atoms with E-state index in [1.165, 1.54) is 17.1 Å². The fourth-order valence-corrected chi connectivity index (χ4v) is 2.63. The Morgan fingerprint density at radius 3 is 2.54 bits per heavy atom. The lowest BCUT2D eigenvalue weighted by Crippen LogP contribution is -2.36. The fourth-order valence-electron chi connectivity index (χ4n) is 2.63. The number of carbonyl (C=O) groups is 1. The van der Waals surface area contributed by atoms with E-state index in [0.29, 0.717) is 25.9 Å². The number of carboxylic acid groups (broad SMARTS) is 1. The predicted molar refractivity (Wildman–Crippen MR) is 76.7 cm³/mol. The molecule has 0 atom stereocenters. The molecule has 1 saturated heterocycles. The van der Waals surface area contributed by atoms with Gasteiger partial charge in [0.05, 0.1) is 12.2 Å². The van der Waals surface area contributed by atoms with Gasteiger partial charge in [-0.3, -0.25) is 0 Å². The highest BCUT2D eigenvalue weighted by Crippen LogP contribution is 2.30. The number of aromatic nitrogens is 4. The number of nitrogens with zero attached hydrogens (tertiary/aromatic N) is 5. The van der Waals surface area contributed by atoms with Gasteiger partial charge in [0.25, 0.3) is 0 Å². The molecule has 0 aromatic carbocycles. The Morgan fingerprint density at radius 2 is 1.96 bits per heavy atom. The lowest BCUT2D eigenvalue weighted by Gasteiger charge is -2.32. The summed E-state index contributed by atoms with van der Waals surface area (Å²) in [6.07, 6.45) is -2.11. The maximum absolute atomic E-state index is 12.7. The highest BCUT2D eigenvalue weighted by molar-refractivity contribution is 5.84. The summed E-state index contributed by atoms with van der Waals surface area (Å²) in [6, 6.07) is 3.74. The third-order valence-electron chi connectivity index (χ3n) is 3.87. The Morgan fingerprint density at radius 1 is 1.25 bits per heavy atom. The molecule has 3 heterocycles. The number of piperidine rings is 1. The van der Waals surface area contributed by atoms with Gasteiger partial charge in [-0.1, -0.05) is 6.07 Å². The van der Waals surface area contributed by atoms with E-state index in [0.717, 1.165) is 6.07 Å². The van der Waals surface area contributed by atoms with E-state index < -0.39 is 17.8 Å². The van der Waals surface area contributed by atoms with E-state index in [1.807, 2.05) is 0 Å². The predicted octanol–water partition coefficient (Wildman–Crippen LogP) is 2.23. The monoisotopic (exact) mass is 341 g/mol. The van der Waals surface area contributed by atoms with Crippen molar-refractivity contribution in [3.05, 3.63) is 35.8 Å². The van der Waals surface area contributed by atoms with E-state index >= 15 is 0 Å². The second-order valence-electron chi connectivity index (χ2n) is 5.45. The van der Waals surface area contributed by atoms with Crippen LogP contribution in [0.5, 0.6) is 0 Å². The van der Waals surface area contributed by atoms with Gasteiger partial charge in [0.1, 0.15) is 11.5 Å². The summed E-state index contributed by atoms with van der Waals surface area (Å²) < 4.78 is 38.2. The molecule has 1 aliphatic heterocycles. The lowest BCUT2D eigenvalue weighted by atomic mass is 10.1. The van der Waals surface area contributed by atoms with Crippen LogP contribution in [0.15, 0.2) is 24.4 Å². The van der Waals surface area contributed by atoms with Gasteiger partial charge in [-0.2, -0.15) is 23.1 Å². The number of hydrogen-bond donors (Lipinski definition) is 1. The number of alkyl halides is 3. The molecule has 2 aromatic rings. The number of hydrogen-bond acceptors (Lipinski definition) is 5. The van der Waals surface area contributed by atoms with Crippen molar-refractivity contribution >= 4 is 11.8 Å². The van der Waals surface area contributed by atoms with Crippen LogP contribution in [0.2, 0.25) is 0 Å². The smallest absolute Gasteiger partial charge is 0.433 e. The first-order chi connectivity index (χ1) is 11.3. The van der Waals surface area contributed by atoms with Gasteiger partial charge in [0.2, 0.25) is 0 Å². The zero-order valence-electron chi connectivity index (χ0n) is 12.4. The molecule has 0 spiro atoms. The van der Waals surface area contributed by atoms with Crippen LogP contribution in [-0.2, 0) is 6.18 Å². The molecule has 1 N–H and O–H groups in total. The van der Waals surface area contributed by atoms with Crippen molar-refractivity contribution in [1.82, 2.24) is 20.0 Å². The lowest BCUT2D eigenvalue weighted by molar-refractivity contribution is -0.141. The SMILES string of the molecule is O=C(O)c1cnn(C2CCN(c3cccc(C(F)(F)F)n3)CC2)n1. The van der Waals surface area contributed by atoms with Crippen molar-refractivity contribution in [2.24, 2.45) is 0 Å². The third-order valence-corrected chi connectivity index (χ3v) is 3.87. The number of carboxylic acids is 1. The molecule has 7 nitrogen and oxygen atoms in total. The topological polar surface area (TPSA) is 84.1 Å². The van der Waals surface area contributed by atoms with Crippen LogP contribution in [-0.4, -0.2) is 44.1 Å². The minimum absolute atomic E-state index is 0.0832. The summed E-state index contributed by atoms with van der Waals surface area (Å²) in [6.45, 7) is 0.978. The molecule has 2 aromatic heterocycles. The zero-order chi connectivity index (χ0) is 17.3. The molecule has 0 bridgehead atoms. The van der Waals surface area contributed by atoms with Crippen molar-refractivity contribution in [2.75, 3.05) is 18.0 Å². The molecule has 1 fully saturated rings. The Balaban J connectivity index is 1.67. The summed E-state index contributed by atoms with van der Waals surface area (Å²) in [5.74, 6) is -0.866. The summed E-state index contributed by atoms with van der Waals surface area (Å²) >= 11 is 0. The van der Waals surface area contributed by atoms with Crippen molar-refractivity contribution < 1.29 is 23.1 Å². The average Bonchev–Trinajstić information content (AvgIpc) is 3.05. The Bertz CT molecular complexity index is 738. The second kappa shape index (κ2) is 6.10. The molecule has 3 rings (SSSR count). The number of anilines is 1. The molecule has 1 aliphatic rings. The molecule has 0 aliphatic carbocycles. The maximum atomic E-state index is 12.7. The maximum Gasteiger partial charge on any atom is 0.433 e. The molecule has 0 saturated carbocycles. The normalized spacial score (nSPS) is 16.4. The van der Waals surface area contributed by atoms with Crippen LogP contribution >= 0.6 is 0 Å². The third kappa shape index (κ3) is 3.31. The first-order valence-corrected chi connectivity index (χ1v) is 7.29. The first kappa shape index (κ1) is 16.2. The number of rotatable bonds is 3. The van der Waals surface area contributed by atoms with Crippen LogP contribution < -0.4 is 4.90 Å². The molecule has 24 heavy (non-hydrogen) atoms. The fraction of sp³-hybridized carbons (Fsp3) is 0.429. The van der Waals surface area contributed by atoms with Crippen molar-refractivity contribution in [3.8, 4) is 0 Å². The Hall–Kier alpha value is -2.65. The zero-order valence-corrected chi connectivity index (χ0v) is 12.4. The molecule has 0 unspecified atom stereocenters. The van der Waals surface area contributed by atoms with E-state index in [-0.39, 0.29) is 17.6 Å². The van der Waals surface area contributed by atoms with Crippen LogP contribution in [0.25, 0.3) is 0 Å². The number of halogens is 3. The van der Waals surface area contributed by atoms with Crippen LogP contribution in [0.3, 0.4) is 0 Å². The van der Waals surface area contributed by atoms with Crippen LogP contribution in [0.1, 0.15) is 35.1 Å². The van der Waals surface area contributed by atoms with Crippen molar-refractivity contribution in [1.29, 1.82) is 0 Å².